The van der Waals surface area contributed by atoms with Gasteiger partial charge in [0.05, 0.1) is 16.7 Å². The fourth-order valence-corrected chi connectivity index (χ4v) is 3.52. The van der Waals surface area contributed by atoms with Gasteiger partial charge in [0.15, 0.2) is 6.29 Å². The van der Waals surface area contributed by atoms with Crippen LogP contribution in [0.2, 0.25) is 0 Å². The van der Waals surface area contributed by atoms with Gasteiger partial charge in [-0.1, -0.05) is 55.8 Å². The minimum Gasteiger partial charge on any atom is -0.306 e. The second kappa shape index (κ2) is 6.06. The van der Waals surface area contributed by atoms with E-state index in [4.69, 9.17) is 0 Å². The van der Waals surface area contributed by atoms with Crippen molar-refractivity contribution in [1.29, 1.82) is 0 Å². The molecule has 0 atom stereocenters. The Balaban J connectivity index is 2.15. The van der Waals surface area contributed by atoms with Crippen molar-refractivity contribution in [2.75, 3.05) is 0 Å². The van der Waals surface area contributed by atoms with Crippen molar-refractivity contribution in [2.45, 2.75) is 19.8 Å². The number of carbonyl (C=O) groups excluding carboxylic acids is 1. The molecule has 0 unspecified atom stereocenters. The van der Waals surface area contributed by atoms with E-state index >= 15 is 0 Å². The van der Waals surface area contributed by atoms with Crippen LogP contribution in [0.5, 0.6) is 0 Å². The maximum absolute atomic E-state index is 12.8. The molecule has 0 aliphatic carbocycles. The molecule has 0 spiro atoms. The van der Waals surface area contributed by atoms with Crippen LogP contribution in [-0.4, -0.2) is 15.7 Å². The van der Waals surface area contributed by atoms with Gasteiger partial charge in [-0.25, -0.2) is 4.79 Å². The van der Waals surface area contributed by atoms with Gasteiger partial charge in [-0.3, -0.25) is 9.20 Å². The van der Waals surface area contributed by atoms with E-state index < -0.39 is 0 Å². The van der Waals surface area contributed by atoms with Gasteiger partial charge in [0.25, 0.3) is 0 Å². The molecule has 2 aromatic heterocycles. The number of nitrogens with one attached hydrogen (secondary N) is 1. The summed E-state index contributed by atoms with van der Waals surface area (Å²) in [6.45, 7) is 2.11. The number of H-pyrrole nitrogens is 1. The van der Waals surface area contributed by atoms with Gasteiger partial charge in [-0.05, 0) is 18.6 Å². The molecule has 124 valence electrons. The highest BCUT2D eigenvalue weighted by molar-refractivity contribution is 5.92. The maximum atomic E-state index is 12.8. The van der Waals surface area contributed by atoms with E-state index in [1.165, 1.54) is 0 Å². The smallest absolute Gasteiger partial charge is 0.306 e. The number of hydrogen-bond acceptors (Lipinski definition) is 2. The number of nitrogens with zero attached hydrogens (tertiary/aromatic N) is 1. The van der Waals surface area contributed by atoms with Crippen LogP contribution in [0.25, 0.3) is 27.7 Å². The molecule has 4 rings (SSSR count). The molecule has 0 saturated heterocycles. The molecule has 0 bridgehead atoms. The van der Waals surface area contributed by atoms with Crippen LogP contribution in [0.1, 0.15) is 29.3 Å². The first-order valence-corrected chi connectivity index (χ1v) is 8.44. The van der Waals surface area contributed by atoms with E-state index in [0.29, 0.717) is 5.56 Å². The largest absolute Gasteiger partial charge is 0.331 e. The van der Waals surface area contributed by atoms with Crippen molar-refractivity contribution in [3.05, 3.63) is 76.2 Å². The quantitative estimate of drug-likeness (QED) is 0.570. The normalized spacial score (nSPS) is 11.2. The zero-order valence-corrected chi connectivity index (χ0v) is 14.0. The fourth-order valence-electron chi connectivity index (χ4n) is 3.52. The lowest BCUT2D eigenvalue weighted by Gasteiger charge is -2.13. The van der Waals surface area contributed by atoms with Gasteiger partial charge in [0, 0.05) is 22.1 Å². The van der Waals surface area contributed by atoms with E-state index in [2.05, 4.69) is 18.0 Å². The Morgan fingerprint density at radius 3 is 2.60 bits per heavy atom. The third kappa shape index (κ3) is 2.38. The molecule has 0 aliphatic heterocycles. The molecule has 2 aromatic carbocycles. The topological polar surface area (TPSA) is 54.3 Å². The lowest BCUT2D eigenvalue weighted by Crippen LogP contribution is -2.19. The Morgan fingerprint density at radius 2 is 1.80 bits per heavy atom. The lowest BCUT2D eigenvalue weighted by molar-refractivity contribution is 0.112. The molecule has 4 nitrogen and oxygen atoms in total. The molecule has 2 heterocycles. The van der Waals surface area contributed by atoms with Crippen LogP contribution in [0.4, 0.5) is 0 Å². The summed E-state index contributed by atoms with van der Waals surface area (Å²) in [5.41, 5.74) is 4.76. The number of aromatic amines is 1. The fraction of sp³-hybridized carbons (Fsp3) is 0.143. The van der Waals surface area contributed by atoms with E-state index in [1.54, 1.807) is 10.5 Å². The van der Waals surface area contributed by atoms with E-state index in [1.807, 2.05) is 42.5 Å². The Kier molecular flexibility index (Phi) is 3.73. The molecule has 0 amide bonds. The lowest BCUT2D eigenvalue weighted by atomic mass is 9.98. The summed E-state index contributed by atoms with van der Waals surface area (Å²) < 4.78 is 1.73. The Bertz CT molecular complexity index is 1150. The minimum absolute atomic E-state index is 0.188. The number of rotatable bonds is 4. The predicted octanol–water partition coefficient (Wildman–Crippen LogP) is 4.21. The number of para-hydroxylation sites is 1. The summed E-state index contributed by atoms with van der Waals surface area (Å²) in [4.78, 5) is 27.3. The van der Waals surface area contributed by atoms with Crippen molar-refractivity contribution in [2.24, 2.45) is 0 Å². The molecule has 0 aliphatic rings. The van der Waals surface area contributed by atoms with Gasteiger partial charge in [0.2, 0.25) is 0 Å². The first-order valence-electron chi connectivity index (χ1n) is 8.44. The number of benzene rings is 2. The summed E-state index contributed by atoms with van der Waals surface area (Å²) >= 11 is 0. The monoisotopic (exact) mass is 330 g/mol. The van der Waals surface area contributed by atoms with Gasteiger partial charge in [0.1, 0.15) is 0 Å². The molecule has 1 N–H and O–H groups in total. The van der Waals surface area contributed by atoms with Crippen LogP contribution in [0.3, 0.4) is 0 Å². The number of aldehydes is 1. The van der Waals surface area contributed by atoms with Gasteiger partial charge < -0.3 is 4.98 Å². The molecular formula is C21H18N2O2. The second-order valence-corrected chi connectivity index (χ2v) is 6.16. The number of aryl methyl sites for hydroxylation is 1. The highest BCUT2D eigenvalue weighted by Gasteiger charge is 2.17. The van der Waals surface area contributed by atoms with Gasteiger partial charge in [-0.15, -0.1) is 0 Å². The number of fused-ring (bicyclic) bond motifs is 3. The molecular weight excluding hydrogens is 312 g/mol. The van der Waals surface area contributed by atoms with Crippen molar-refractivity contribution in [3.8, 4) is 11.3 Å². The molecule has 4 aromatic rings. The van der Waals surface area contributed by atoms with Crippen molar-refractivity contribution in [3.63, 3.8) is 0 Å². The average Bonchev–Trinajstić information content (AvgIpc) is 3.04. The summed E-state index contributed by atoms with van der Waals surface area (Å²) in [6.07, 6.45) is 2.60. The number of aromatic nitrogens is 2. The second-order valence-electron chi connectivity index (χ2n) is 6.16. The van der Waals surface area contributed by atoms with E-state index in [-0.39, 0.29) is 5.69 Å². The SMILES string of the molecule is CCCc1c(-c2ccccc2C=O)[nH]c(=O)n2c1cc1ccccc12. The highest BCUT2D eigenvalue weighted by Crippen LogP contribution is 2.30. The van der Waals surface area contributed by atoms with Crippen molar-refractivity contribution in [1.82, 2.24) is 9.38 Å². The molecule has 0 saturated carbocycles. The minimum atomic E-state index is -0.188. The van der Waals surface area contributed by atoms with Crippen LogP contribution in [0.15, 0.2) is 59.4 Å². The van der Waals surface area contributed by atoms with Crippen LogP contribution in [-0.2, 0) is 6.42 Å². The molecule has 4 heteroatoms. The number of carbonyl (C=O) groups is 1. The number of hydrogen-bond donors (Lipinski definition) is 1. The summed E-state index contributed by atoms with van der Waals surface area (Å²) in [5, 5.41) is 1.03. The molecule has 25 heavy (non-hydrogen) atoms. The van der Waals surface area contributed by atoms with Crippen LogP contribution >= 0.6 is 0 Å². The van der Waals surface area contributed by atoms with Crippen LogP contribution < -0.4 is 5.69 Å². The summed E-state index contributed by atoms with van der Waals surface area (Å²) in [5.74, 6) is 0. The predicted molar refractivity (Wildman–Crippen MR) is 100 cm³/mol. The Hall–Kier alpha value is -3.14. The third-order valence-corrected chi connectivity index (χ3v) is 4.61. The highest BCUT2D eigenvalue weighted by atomic mass is 16.1. The maximum Gasteiger partial charge on any atom is 0.331 e. The zero-order valence-electron chi connectivity index (χ0n) is 14.0. The molecule has 0 fully saturated rings. The summed E-state index contributed by atoms with van der Waals surface area (Å²) in [6, 6.07) is 17.3. The first-order chi connectivity index (χ1) is 12.2. The molecule has 0 radical (unpaired) electrons. The Labute approximate surface area is 144 Å². The zero-order chi connectivity index (χ0) is 17.4. The third-order valence-electron chi connectivity index (χ3n) is 4.61. The Morgan fingerprint density at radius 1 is 1.04 bits per heavy atom. The van der Waals surface area contributed by atoms with Gasteiger partial charge in [-0.2, -0.15) is 0 Å². The van der Waals surface area contributed by atoms with Crippen molar-refractivity contribution < 1.29 is 4.79 Å². The van der Waals surface area contributed by atoms with Crippen LogP contribution in [0, 0.1) is 0 Å². The summed E-state index contributed by atoms with van der Waals surface area (Å²) in [7, 11) is 0. The van der Waals surface area contributed by atoms with E-state index in [0.717, 1.165) is 52.4 Å². The van der Waals surface area contributed by atoms with Crippen molar-refractivity contribution >= 4 is 22.7 Å². The first kappa shape index (κ1) is 15.4. The van der Waals surface area contributed by atoms with E-state index in [9.17, 15) is 9.59 Å². The average molecular weight is 330 g/mol. The standard InChI is InChI=1S/C21H18N2O2/c1-2-7-17-19-12-14-8-4-6-11-18(14)23(19)21(25)22-20(17)16-10-5-3-9-15(16)13-24/h3-6,8-13H,2,7H2,1H3,(H,22,25). The van der Waals surface area contributed by atoms with Gasteiger partial charge >= 0.3 is 5.69 Å².